The molecule has 29 heavy (non-hydrogen) atoms. The molecule has 0 bridgehead atoms. The zero-order valence-electron chi connectivity index (χ0n) is 17.4. The predicted octanol–water partition coefficient (Wildman–Crippen LogP) is 3.64. The van der Waals surface area contributed by atoms with Gasteiger partial charge in [0.15, 0.2) is 0 Å². The summed E-state index contributed by atoms with van der Waals surface area (Å²) in [4.78, 5) is 6.95. The Balaban J connectivity index is 1.96. The molecule has 1 heterocycles. The van der Waals surface area contributed by atoms with E-state index in [9.17, 15) is 12.8 Å². The molecule has 0 N–H and O–H groups in total. The van der Waals surface area contributed by atoms with Crippen molar-refractivity contribution in [3.63, 3.8) is 0 Å². The Hall–Kier alpha value is -2.29. The summed E-state index contributed by atoms with van der Waals surface area (Å²) in [7, 11) is 1.42. The van der Waals surface area contributed by atoms with E-state index in [1.807, 2.05) is 31.9 Å². The molecular formula is C21H27FN4O2S. The lowest BCUT2D eigenvalue weighted by atomic mass is 10.1. The van der Waals surface area contributed by atoms with Gasteiger partial charge in [0.25, 0.3) is 0 Å². The third kappa shape index (κ3) is 4.05. The standard InChI is InChI=1S/C21H27FN4O2S/c1-6-26-20-12-11-16(29(27,28)24(3)4)13-19(20)23-21(26)14-25(5)15(2)17-9-7-8-10-18(17)22/h7-13,15H,6,14H2,1-5H3. The number of halogens is 1. The van der Waals surface area contributed by atoms with Crippen LogP contribution in [0.5, 0.6) is 0 Å². The molecule has 3 aromatic rings. The van der Waals surface area contributed by atoms with Crippen LogP contribution in [-0.4, -0.2) is 48.3 Å². The minimum atomic E-state index is -3.52. The van der Waals surface area contributed by atoms with Crippen molar-refractivity contribution in [2.75, 3.05) is 21.1 Å². The largest absolute Gasteiger partial charge is 0.327 e. The fourth-order valence-electron chi connectivity index (χ4n) is 3.42. The number of fused-ring (bicyclic) bond motifs is 1. The summed E-state index contributed by atoms with van der Waals surface area (Å²) in [5.41, 5.74) is 2.15. The molecule has 0 amide bonds. The maximum absolute atomic E-state index is 14.2. The average Bonchev–Trinajstić information content (AvgIpc) is 3.03. The van der Waals surface area contributed by atoms with Crippen LogP contribution in [0, 0.1) is 5.82 Å². The van der Waals surface area contributed by atoms with Crippen LogP contribution in [0.2, 0.25) is 0 Å². The van der Waals surface area contributed by atoms with Crippen LogP contribution < -0.4 is 0 Å². The summed E-state index contributed by atoms with van der Waals surface area (Å²) in [5.74, 6) is 0.585. The average molecular weight is 419 g/mol. The lowest BCUT2D eigenvalue weighted by Crippen LogP contribution is -2.24. The van der Waals surface area contributed by atoms with Crippen LogP contribution in [0.25, 0.3) is 11.0 Å². The van der Waals surface area contributed by atoms with Gasteiger partial charge in [-0.05, 0) is 45.2 Å². The van der Waals surface area contributed by atoms with Crippen molar-refractivity contribution in [2.24, 2.45) is 0 Å². The van der Waals surface area contributed by atoms with Crippen molar-refractivity contribution in [1.29, 1.82) is 0 Å². The molecule has 2 aromatic carbocycles. The van der Waals surface area contributed by atoms with Crippen LogP contribution >= 0.6 is 0 Å². The second-order valence-electron chi connectivity index (χ2n) is 7.32. The first-order valence-corrected chi connectivity index (χ1v) is 11.0. The summed E-state index contributed by atoms with van der Waals surface area (Å²) in [6.45, 7) is 5.19. The van der Waals surface area contributed by atoms with E-state index in [1.54, 1.807) is 30.3 Å². The normalized spacial score (nSPS) is 13.5. The minimum absolute atomic E-state index is 0.133. The van der Waals surface area contributed by atoms with Gasteiger partial charge in [0, 0.05) is 32.2 Å². The highest BCUT2D eigenvalue weighted by Crippen LogP contribution is 2.26. The number of benzene rings is 2. The quantitative estimate of drug-likeness (QED) is 0.588. The lowest BCUT2D eigenvalue weighted by Gasteiger charge is -2.25. The molecule has 0 saturated heterocycles. The van der Waals surface area contributed by atoms with Crippen molar-refractivity contribution in [1.82, 2.24) is 18.8 Å². The van der Waals surface area contributed by atoms with Gasteiger partial charge in [0.1, 0.15) is 11.6 Å². The lowest BCUT2D eigenvalue weighted by molar-refractivity contribution is 0.239. The first-order chi connectivity index (χ1) is 13.7. The van der Waals surface area contributed by atoms with E-state index in [1.165, 1.54) is 24.5 Å². The summed E-state index contributed by atoms with van der Waals surface area (Å²) < 4.78 is 42.3. The molecule has 0 radical (unpaired) electrons. The molecule has 0 aliphatic heterocycles. The Bertz CT molecular complexity index is 1120. The number of imidazole rings is 1. The number of nitrogens with zero attached hydrogens (tertiary/aromatic N) is 4. The van der Waals surface area contributed by atoms with Gasteiger partial charge >= 0.3 is 0 Å². The van der Waals surface area contributed by atoms with Crippen molar-refractivity contribution < 1.29 is 12.8 Å². The van der Waals surface area contributed by atoms with Crippen LogP contribution in [-0.2, 0) is 23.1 Å². The predicted molar refractivity (Wildman–Crippen MR) is 113 cm³/mol. The first kappa shape index (κ1) is 21.4. The second-order valence-corrected chi connectivity index (χ2v) is 9.47. The van der Waals surface area contributed by atoms with Gasteiger partial charge in [0.2, 0.25) is 10.0 Å². The molecule has 0 saturated carbocycles. The maximum atomic E-state index is 14.2. The van der Waals surface area contributed by atoms with E-state index >= 15 is 0 Å². The Morgan fingerprint density at radius 2 is 1.83 bits per heavy atom. The zero-order valence-corrected chi connectivity index (χ0v) is 18.2. The van der Waals surface area contributed by atoms with Crippen LogP contribution in [0.15, 0.2) is 47.4 Å². The first-order valence-electron chi connectivity index (χ1n) is 9.53. The minimum Gasteiger partial charge on any atom is -0.327 e. The number of sulfonamides is 1. The molecular weight excluding hydrogens is 391 g/mol. The molecule has 0 aliphatic rings. The number of rotatable bonds is 7. The van der Waals surface area contributed by atoms with Gasteiger partial charge in [0.05, 0.1) is 22.5 Å². The van der Waals surface area contributed by atoms with Gasteiger partial charge in [-0.15, -0.1) is 0 Å². The topological polar surface area (TPSA) is 58.4 Å². The van der Waals surface area contributed by atoms with Crippen molar-refractivity contribution in [2.45, 2.75) is 37.9 Å². The van der Waals surface area contributed by atoms with E-state index < -0.39 is 10.0 Å². The van der Waals surface area contributed by atoms with Gasteiger partial charge in [-0.25, -0.2) is 22.1 Å². The molecule has 3 rings (SSSR count). The third-order valence-electron chi connectivity index (χ3n) is 5.30. The summed E-state index contributed by atoms with van der Waals surface area (Å²) in [6.07, 6.45) is 0. The molecule has 1 aromatic heterocycles. The van der Waals surface area contributed by atoms with Crippen molar-refractivity contribution >= 4 is 21.1 Å². The Morgan fingerprint density at radius 3 is 2.45 bits per heavy atom. The zero-order chi connectivity index (χ0) is 21.3. The molecule has 1 atom stereocenters. The second kappa shape index (κ2) is 8.22. The fraction of sp³-hybridized carbons (Fsp3) is 0.381. The van der Waals surface area contributed by atoms with E-state index in [0.717, 1.165) is 11.3 Å². The van der Waals surface area contributed by atoms with E-state index in [-0.39, 0.29) is 16.8 Å². The van der Waals surface area contributed by atoms with Gasteiger partial charge < -0.3 is 4.57 Å². The van der Waals surface area contributed by atoms with E-state index in [2.05, 4.69) is 4.57 Å². The van der Waals surface area contributed by atoms with Crippen LogP contribution in [0.3, 0.4) is 0 Å². The molecule has 0 spiro atoms. The van der Waals surface area contributed by atoms with E-state index in [4.69, 9.17) is 4.98 Å². The fourth-order valence-corrected chi connectivity index (χ4v) is 4.34. The van der Waals surface area contributed by atoms with Gasteiger partial charge in [-0.1, -0.05) is 18.2 Å². The van der Waals surface area contributed by atoms with Gasteiger partial charge in [-0.2, -0.15) is 0 Å². The van der Waals surface area contributed by atoms with Crippen LogP contribution in [0.4, 0.5) is 4.39 Å². The highest BCUT2D eigenvalue weighted by atomic mass is 32.2. The number of hydrogen-bond acceptors (Lipinski definition) is 4. The Labute approximate surface area is 171 Å². The molecule has 1 unspecified atom stereocenters. The van der Waals surface area contributed by atoms with Crippen molar-refractivity contribution in [3.05, 3.63) is 59.7 Å². The SMILES string of the molecule is CCn1c(CN(C)C(C)c2ccccc2F)nc2cc(S(=O)(=O)N(C)C)ccc21. The highest BCUT2D eigenvalue weighted by molar-refractivity contribution is 7.89. The number of aryl methyl sites for hydroxylation is 1. The molecule has 0 aliphatic carbocycles. The van der Waals surface area contributed by atoms with Crippen molar-refractivity contribution in [3.8, 4) is 0 Å². The van der Waals surface area contributed by atoms with E-state index in [0.29, 0.717) is 24.2 Å². The maximum Gasteiger partial charge on any atom is 0.242 e. The number of aromatic nitrogens is 2. The van der Waals surface area contributed by atoms with Crippen LogP contribution in [0.1, 0.15) is 31.3 Å². The smallest absolute Gasteiger partial charge is 0.242 e. The molecule has 6 nitrogen and oxygen atoms in total. The van der Waals surface area contributed by atoms with Gasteiger partial charge in [-0.3, -0.25) is 4.90 Å². The molecule has 0 fully saturated rings. The molecule has 156 valence electrons. The molecule has 8 heteroatoms. The monoisotopic (exact) mass is 418 g/mol. The summed E-state index contributed by atoms with van der Waals surface area (Å²) in [5, 5.41) is 0. The summed E-state index contributed by atoms with van der Waals surface area (Å²) in [6, 6.07) is 11.7. The third-order valence-corrected chi connectivity index (χ3v) is 7.11. The Morgan fingerprint density at radius 1 is 1.14 bits per heavy atom. The summed E-state index contributed by atoms with van der Waals surface area (Å²) >= 11 is 0. The highest BCUT2D eigenvalue weighted by Gasteiger charge is 2.21. The Kier molecular flexibility index (Phi) is 6.07. The number of hydrogen-bond donors (Lipinski definition) is 0.